The van der Waals surface area contributed by atoms with Crippen molar-refractivity contribution in [1.29, 1.82) is 0 Å². The monoisotopic (exact) mass is 251 g/mol. The van der Waals surface area contributed by atoms with Gasteiger partial charge in [-0.1, -0.05) is 30.3 Å². The molecule has 3 nitrogen and oxygen atoms in total. The minimum atomic E-state index is -0.878. The highest BCUT2D eigenvalue weighted by Gasteiger charge is 2.45. The van der Waals surface area contributed by atoms with Gasteiger partial charge in [-0.2, -0.15) is 12.6 Å². The van der Waals surface area contributed by atoms with Crippen molar-refractivity contribution in [3.05, 3.63) is 35.9 Å². The summed E-state index contributed by atoms with van der Waals surface area (Å²) in [6.45, 7) is 3.17. The summed E-state index contributed by atoms with van der Waals surface area (Å²) in [5.41, 5.74) is -0.207. The van der Waals surface area contributed by atoms with E-state index in [4.69, 9.17) is 4.74 Å². The Morgan fingerprint density at radius 2 is 2.12 bits per heavy atom. The zero-order chi connectivity index (χ0) is 12.5. The van der Waals surface area contributed by atoms with E-state index in [0.29, 0.717) is 12.2 Å². The van der Waals surface area contributed by atoms with Gasteiger partial charge in [-0.25, -0.2) is 0 Å². The van der Waals surface area contributed by atoms with E-state index in [-0.39, 0.29) is 11.2 Å². The van der Waals surface area contributed by atoms with Gasteiger partial charge in [0, 0.05) is 12.1 Å². The number of ether oxygens (including phenoxy) is 1. The second-order valence-electron chi connectivity index (χ2n) is 4.50. The van der Waals surface area contributed by atoms with Gasteiger partial charge in [-0.3, -0.25) is 9.69 Å². The summed E-state index contributed by atoms with van der Waals surface area (Å²) < 4.78 is 5.70. The van der Waals surface area contributed by atoms with E-state index in [1.807, 2.05) is 49.2 Å². The van der Waals surface area contributed by atoms with Gasteiger partial charge in [-0.05, 0) is 14.0 Å². The van der Waals surface area contributed by atoms with Gasteiger partial charge in [0.2, 0.25) is 0 Å². The minimum Gasteiger partial charge on any atom is -0.363 e. The lowest BCUT2D eigenvalue weighted by Crippen LogP contribution is -2.58. The fourth-order valence-electron chi connectivity index (χ4n) is 2.08. The van der Waals surface area contributed by atoms with Crippen LogP contribution in [0.1, 0.15) is 17.3 Å². The second-order valence-corrected chi connectivity index (χ2v) is 4.99. The number of ketones is 1. The van der Waals surface area contributed by atoms with Crippen molar-refractivity contribution in [1.82, 2.24) is 4.90 Å². The summed E-state index contributed by atoms with van der Waals surface area (Å²) >= 11 is 4.51. The topological polar surface area (TPSA) is 29.5 Å². The smallest absolute Gasteiger partial charge is 0.196 e. The van der Waals surface area contributed by atoms with E-state index < -0.39 is 5.60 Å². The second kappa shape index (κ2) is 4.80. The van der Waals surface area contributed by atoms with Crippen LogP contribution in [-0.4, -0.2) is 41.9 Å². The molecule has 1 aliphatic heterocycles. The fourth-order valence-corrected chi connectivity index (χ4v) is 2.39. The maximum absolute atomic E-state index is 12.5. The molecular formula is C13H17NO2S. The molecule has 0 aliphatic carbocycles. The van der Waals surface area contributed by atoms with Crippen molar-refractivity contribution < 1.29 is 9.53 Å². The Bertz CT molecular complexity index is 409. The van der Waals surface area contributed by atoms with Gasteiger partial charge < -0.3 is 4.74 Å². The van der Waals surface area contributed by atoms with E-state index in [1.165, 1.54) is 0 Å². The number of nitrogens with zero attached hydrogens (tertiary/aromatic N) is 1. The molecule has 1 heterocycles. The standard InChI is InChI=1S/C13H17NO2S/c1-13(12(17)14(2)8-9-16-13)11(15)10-6-4-3-5-7-10/h3-7,12,17H,8-9H2,1-2H3. The molecule has 1 aromatic rings. The van der Waals surface area contributed by atoms with Crippen LogP contribution in [0, 0.1) is 0 Å². The highest BCUT2D eigenvalue weighted by atomic mass is 32.1. The molecular weight excluding hydrogens is 234 g/mol. The lowest BCUT2D eigenvalue weighted by molar-refractivity contribution is -0.0780. The number of thiol groups is 1. The van der Waals surface area contributed by atoms with E-state index in [0.717, 1.165) is 6.54 Å². The maximum atomic E-state index is 12.5. The van der Waals surface area contributed by atoms with Gasteiger partial charge in [-0.15, -0.1) is 0 Å². The first-order chi connectivity index (χ1) is 8.05. The Morgan fingerprint density at radius 1 is 1.47 bits per heavy atom. The van der Waals surface area contributed by atoms with Crippen LogP contribution < -0.4 is 0 Å². The molecule has 0 amide bonds. The highest BCUT2D eigenvalue weighted by Crippen LogP contribution is 2.30. The summed E-state index contributed by atoms with van der Waals surface area (Å²) in [5, 5.41) is -0.219. The molecule has 2 rings (SSSR count). The average molecular weight is 251 g/mol. The number of carbonyl (C=O) groups excluding carboxylic acids is 1. The van der Waals surface area contributed by atoms with Crippen molar-refractivity contribution in [2.75, 3.05) is 20.2 Å². The number of morpholine rings is 1. The SMILES string of the molecule is CN1CCOC(C)(C(=O)c2ccccc2)C1S. The molecule has 0 N–H and O–H groups in total. The van der Waals surface area contributed by atoms with Gasteiger partial charge in [0.05, 0.1) is 12.0 Å². The zero-order valence-electron chi connectivity index (χ0n) is 10.1. The van der Waals surface area contributed by atoms with Crippen LogP contribution >= 0.6 is 12.6 Å². The summed E-state index contributed by atoms with van der Waals surface area (Å²) in [6.07, 6.45) is 0. The third kappa shape index (κ3) is 2.25. The molecule has 0 spiro atoms. The molecule has 0 radical (unpaired) electrons. The molecule has 0 saturated carbocycles. The minimum absolute atomic E-state index is 0.00958. The first kappa shape index (κ1) is 12.6. The van der Waals surface area contributed by atoms with E-state index in [9.17, 15) is 4.79 Å². The van der Waals surface area contributed by atoms with Crippen LogP contribution in [-0.2, 0) is 4.74 Å². The molecule has 2 atom stereocenters. The van der Waals surface area contributed by atoms with Gasteiger partial charge >= 0.3 is 0 Å². The number of rotatable bonds is 2. The fraction of sp³-hybridized carbons (Fsp3) is 0.462. The molecule has 4 heteroatoms. The van der Waals surface area contributed by atoms with Crippen molar-refractivity contribution in [3.8, 4) is 0 Å². The molecule has 92 valence electrons. The Balaban J connectivity index is 2.29. The lowest BCUT2D eigenvalue weighted by atomic mass is 9.92. The van der Waals surface area contributed by atoms with Crippen LogP contribution in [0.5, 0.6) is 0 Å². The summed E-state index contributed by atoms with van der Waals surface area (Å²) in [7, 11) is 1.96. The van der Waals surface area contributed by atoms with Crippen molar-refractivity contribution in [2.45, 2.75) is 17.9 Å². The lowest BCUT2D eigenvalue weighted by Gasteiger charge is -2.43. The van der Waals surface area contributed by atoms with Gasteiger partial charge in [0.1, 0.15) is 0 Å². The summed E-state index contributed by atoms with van der Waals surface area (Å²) in [4.78, 5) is 14.5. The first-order valence-electron chi connectivity index (χ1n) is 5.68. The average Bonchev–Trinajstić information content (AvgIpc) is 2.36. The number of Topliss-reactive ketones (excluding diaryl/α,β-unsaturated/α-hetero) is 1. The largest absolute Gasteiger partial charge is 0.363 e. The maximum Gasteiger partial charge on any atom is 0.196 e. The number of likely N-dealkylation sites (N-methyl/N-ethyl adjacent to an activating group) is 1. The van der Waals surface area contributed by atoms with E-state index >= 15 is 0 Å². The van der Waals surface area contributed by atoms with Crippen LogP contribution in [0.4, 0.5) is 0 Å². The van der Waals surface area contributed by atoms with Crippen LogP contribution in [0.25, 0.3) is 0 Å². The van der Waals surface area contributed by atoms with E-state index in [2.05, 4.69) is 12.6 Å². The Labute approximate surface area is 107 Å². The number of hydrogen-bond acceptors (Lipinski definition) is 4. The van der Waals surface area contributed by atoms with Crippen molar-refractivity contribution in [3.63, 3.8) is 0 Å². The molecule has 17 heavy (non-hydrogen) atoms. The summed E-state index contributed by atoms with van der Waals surface area (Å²) in [6, 6.07) is 9.23. The predicted octanol–water partition coefficient (Wildman–Crippen LogP) is 1.85. The molecule has 0 bridgehead atoms. The molecule has 1 saturated heterocycles. The molecule has 1 fully saturated rings. The number of benzene rings is 1. The Hall–Kier alpha value is -0.840. The first-order valence-corrected chi connectivity index (χ1v) is 6.19. The van der Waals surface area contributed by atoms with Gasteiger partial charge in [0.15, 0.2) is 11.4 Å². The molecule has 1 aliphatic rings. The Kier molecular flexibility index (Phi) is 3.56. The van der Waals surface area contributed by atoms with Crippen molar-refractivity contribution in [2.24, 2.45) is 0 Å². The molecule has 2 unspecified atom stereocenters. The normalized spacial score (nSPS) is 30.2. The third-order valence-electron chi connectivity index (χ3n) is 3.24. The number of carbonyl (C=O) groups is 1. The predicted molar refractivity (Wildman–Crippen MR) is 70.5 cm³/mol. The quantitative estimate of drug-likeness (QED) is 0.642. The highest BCUT2D eigenvalue weighted by molar-refractivity contribution is 7.81. The summed E-state index contributed by atoms with van der Waals surface area (Å²) in [5.74, 6) is -0.00958. The van der Waals surface area contributed by atoms with Gasteiger partial charge in [0.25, 0.3) is 0 Å². The zero-order valence-corrected chi connectivity index (χ0v) is 11.0. The van der Waals surface area contributed by atoms with Crippen LogP contribution in [0.2, 0.25) is 0 Å². The third-order valence-corrected chi connectivity index (χ3v) is 4.13. The molecule has 0 aromatic heterocycles. The Morgan fingerprint density at radius 3 is 2.76 bits per heavy atom. The van der Waals surface area contributed by atoms with Crippen LogP contribution in [0.3, 0.4) is 0 Å². The number of hydrogen-bond donors (Lipinski definition) is 1. The molecule has 1 aromatic carbocycles. The van der Waals surface area contributed by atoms with Crippen molar-refractivity contribution >= 4 is 18.4 Å². The van der Waals surface area contributed by atoms with Crippen LogP contribution in [0.15, 0.2) is 30.3 Å². The van der Waals surface area contributed by atoms with E-state index in [1.54, 1.807) is 0 Å².